The normalized spacial score (nSPS) is 17.1. The first-order valence-electron chi connectivity index (χ1n) is 7.02. The van der Waals surface area contributed by atoms with Gasteiger partial charge in [-0.05, 0) is 72.6 Å². The van der Waals surface area contributed by atoms with Crippen LogP contribution in [0.1, 0.15) is 30.1 Å². The molecular weight excluding hydrogens is 387 g/mol. The second-order valence-corrected chi connectivity index (χ2v) is 7.02. The van der Waals surface area contributed by atoms with Crippen LogP contribution >= 0.6 is 34.2 Å². The van der Waals surface area contributed by atoms with Gasteiger partial charge >= 0.3 is 0 Å². The average molecular weight is 407 g/mol. The Balaban J connectivity index is 1.80. The number of carbonyl (C=O) groups excluding carboxylic acids is 1. The Hall–Kier alpha value is -0.330. The largest absolute Gasteiger partial charge is 0.352 e. The number of amides is 1. The van der Waals surface area contributed by atoms with Gasteiger partial charge < -0.3 is 10.2 Å². The van der Waals surface area contributed by atoms with E-state index in [2.05, 4.69) is 39.7 Å². The van der Waals surface area contributed by atoms with Crippen molar-refractivity contribution in [2.45, 2.75) is 19.8 Å². The number of hydrogen-bond acceptors (Lipinski definition) is 2. The highest BCUT2D eigenvalue weighted by Crippen LogP contribution is 2.19. The van der Waals surface area contributed by atoms with Gasteiger partial charge in [0.25, 0.3) is 5.91 Å². The molecule has 0 bridgehead atoms. The van der Waals surface area contributed by atoms with Crippen LogP contribution in [0.25, 0.3) is 0 Å². The summed E-state index contributed by atoms with van der Waals surface area (Å²) in [5.41, 5.74) is 0.629. The van der Waals surface area contributed by atoms with Crippen LogP contribution in [-0.2, 0) is 0 Å². The Labute approximate surface area is 139 Å². The highest BCUT2D eigenvalue weighted by molar-refractivity contribution is 14.1. The minimum absolute atomic E-state index is 0.0448. The molecule has 0 saturated carbocycles. The molecule has 1 saturated heterocycles. The van der Waals surface area contributed by atoms with Crippen molar-refractivity contribution in [2.75, 3.05) is 26.2 Å². The number of benzene rings is 1. The summed E-state index contributed by atoms with van der Waals surface area (Å²) in [7, 11) is 0. The number of nitrogens with zero attached hydrogens (tertiary/aromatic N) is 1. The van der Waals surface area contributed by atoms with E-state index in [0.29, 0.717) is 23.0 Å². The number of hydrogen-bond donors (Lipinski definition) is 1. The van der Waals surface area contributed by atoms with Crippen molar-refractivity contribution < 1.29 is 4.79 Å². The number of likely N-dealkylation sites (tertiary alicyclic amines) is 1. The summed E-state index contributed by atoms with van der Waals surface area (Å²) in [6.45, 7) is 6.35. The quantitative estimate of drug-likeness (QED) is 0.760. The molecule has 110 valence electrons. The minimum Gasteiger partial charge on any atom is -0.352 e. The Bertz CT molecular complexity index is 475. The lowest BCUT2D eigenvalue weighted by molar-refractivity contribution is 0.0945. The van der Waals surface area contributed by atoms with Gasteiger partial charge in [0, 0.05) is 22.2 Å². The summed E-state index contributed by atoms with van der Waals surface area (Å²) >= 11 is 8.19. The maximum Gasteiger partial charge on any atom is 0.251 e. The molecule has 0 spiro atoms. The van der Waals surface area contributed by atoms with Crippen LogP contribution in [0.4, 0.5) is 0 Å². The smallest absolute Gasteiger partial charge is 0.251 e. The van der Waals surface area contributed by atoms with Gasteiger partial charge in [-0.25, -0.2) is 0 Å². The minimum atomic E-state index is -0.0448. The van der Waals surface area contributed by atoms with Crippen LogP contribution in [0, 0.1) is 9.49 Å². The molecule has 1 atom stereocenters. The van der Waals surface area contributed by atoms with E-state index in [0.717, 1.165) is 10.1 Å². The van der Waals surface area contributed by atoms with Crippen LogP contribution in [0.2, 0.25) is 5.02 Å². The summed E-state index contributed by atoms with van der Waals surface area (Å²) in [6, 6.07) is 5.41. The number of rotatable bonds is 5. The fourth-order valence-electron chi connectivity index (χ4n) is 2.48. The molecule has 1 unspecified atom stereocenters. The molecule has 5 heteroatoms. The van der Waals surface area contributed by atoms with Crippen LogP contribution in [0.5, 0.6) is 0 Å². The average Bonchev–Trinajstić information content (AvgIpc) is 2.92. The van der Waals surface area contributed by atoms with Gasteiger partial charge in [0.2, 0.25) is 0 Å². The molecule has 1 aromatic carbocycles. The van der Waals surface area contributed by atoms with E-state index in [1.54, 1.807) is 6.07 Å². The van der Waals surface area contributed by atoms with E-state index < -0.39 is 0 Å². The molecule has 1 fully saturated rings. The molecule has 1 aromatic rings. The van der Waals surface area contributed by atoms with Crippen molar-refractivity contribution in [3.63, 3.8) is 0 Å². The van der Waals surface area contributed by atoms with Gasteiger partial charge in [-0.3, -0.25) is 4.79 Å². The molecule has 3 nitrogen and oxygen atoms in total. The number of nitrogens with one attached hydrogen (secondary N) is 1. The SMILES string of the molecule is CC(CNC(=O)c1ccc(I)c(Cl)c1)CN1CCCC1. The van der Waals surface area contributed by atoms with Gasteiger partial charge in [0.1, 0.15) is 0 Å². The standard InChI is InChI=1S/C15H20ClIN2O/c1-11(10-19-6-2-3-7-19)9-18-15(20)12-4-5-14(17)13(16)8-12/h4-5,8,11H,2-3,6-7,9-10H2,1H3,(H,18,20). The van der Waals surface area contributed by atoms with E-state index in [1.165, 1.54) is 25.9 Å². The van der Waals surface area contributed by atoms with E-state index in [4.69, 9.17) is 11.6 Å². The zero-order chi connectivity index (χ0) is 14.5. The molecule has 0 aromatic heterocycles. The highest BCUT2D eigenvalue weighted by Gasteiger charge is 2.15. The Kier molecular flexibility index (Phi) is 6.11. The fraction of sp³-hybridized carbons (Fsp3) is 0.533. The molecule has 0 aliphatic carbocycles. The first-order chi connectivity index (χ1) is 9.56. The zero-order valence-electron chi connectivity index (χ0n) is 11.7. The maximum absolute atomic E-state index is 12.1. The summed E-state index contributed by atoms with van der Waals surface area (Å²) in [5, 5.41) is 3.62. The maximum atomic E-state index is 12.1. The predicted octanol–water partition coefficient (Wildman–Crippen LogP) is 3.41. The van der Waals surface area contributed by atoms with Crippen molar-refractivity contribution in [1.29, 1.82) is 0 Å². The van der Waals surface area contributed by atoms with Gasteiger partial charge in [0.15, 0.2) is 0 Å². The Morgan fingerprint density at radius 3 is 2.80 bits per heavy atom. The van der Waals surface area contributed by atoms with Gasteiger partial charge in [-0.1, -0.05) is 18.5 Å². The molecule has 1 heterocycles. The molecular formula is C15H20ClIN2O. The van der Waals surface area contributed by atoms with Crippen molar-refractivity contribution in [1.82, 2.24) is 10.2 Å². The number of halogens is 2. The summed E-state index contributed by atoms with van der Waals surface area (Å²) in [6.07, 6.45) is 2.61. The van der Waals surface area contributed by atoms with Crippen molar-refractivity contribution in [3.05, 3.63) is 32.4 Å². The molecule has 1 aliphatic heterocycles. The molecule has 1 amide bonds. The molecule has 1 aliphatic rings. The van der Waals surface area contributed by atoms with Crippen LogP contribution in [-0.4, -0.2) is 37.0 Å². The third-order valence-corrected chi connectivity index (χ3v) is 5.13. The third kappa shape index (κ3) is 4.60. The van der Waals surface area contributed by atoms with Crippen LogP contribution < -0.4 is 5.32 Å². The van der Waals surface area contributed by atoms with E-state index >= 15 is 0 Å². The lowest BCUT2D eigenvalue weighted by Gasteiger charge is -2.20. The lowest BCUT2D eigenvalue weighted by Crippen LogP contribution is -2.34. The summed E-state index contributed by atoms with van der Waals surface area (Å²) in [5.74, 6) is 0.424. The first-order valence-corrected chi connectivity index (χ1v) is 8.47. The molecule has 1 N–H and O–H groups in total. The Morgan fingerprint density at radius 2 is 2.15 bits per heavy atom. The predicted molar refractivity (Wildman–Crippen MR) is 91.3 cm³/mol. The van der Waals surface area contributed by atoms with Gasteiger partial charge in [0.05, 0.1) is 5.02 Å². The molecule has 2 rings (SSSR count). The fourth-order valence-corrected chi connectivity index (χ4v) is 2.99. The van der Waals surface area contributed by atoms with Gasteiger partial charge in [-0.15, -0.1) is 0 Å². The molecule has 0 radical (unpaired) electrons. The van der Waals surface area contributed by atoms with Gasteiger partial charge in [-0.2, -0.15) is 0 Å². The van der Waals surface area contributed by atoms with E-state index in [9.17, 15) is 4.79 Å². The van der Waals surface area contributed by atoms with Crippen molar-refractivity contribution in [3.8, 4) is 0 Å². The topological polar surface area (TPSA) is 32.3 Å². The lowest BCUT2D eigenvalue weighted by atomic mass is 10.1. The zero-order valence-corrected chi connectivity index (χ0v) is 14.6. The van der Waals surface area contributed by atoms with E-state index in [-0.39, 0.29) is 5.91 Å². The van der Waals surface area contributed by atoms with E-state index in [1.807, 2.05) is 12.1 Å². The Morgan fingerprint density at radius 1 is 1.45 bits per heavy atom. The summed E-state index contributed by atoms with van der Waals surface area (Å²) in [4.78, 5) is 14.5. The highest BCUT2D eigenvalue weighted by atomic mass is 127. The third-order valence-electron chi connectivity index (χ3n) is 3.56. The first kappa shape index (κ1) is 16.0. The number of carbonyl (C=O) groups is 1. The monoisotopic (exact) mass is 406 g/mol. The van der Waals surface area contributed by atoms with Crippen LogP contribution in [0.15, 0.2) is 18.2 Å². The second-order valence-electron chi connectivity index (χ2n) is 5.45. The summed E-state index contributed by atoms with van der Waals surface area (Å²) < 4.78 is 0.961. The second kappa shape index (κ2) is 7.61. The van der Waals surface area contributed by atoms with Crippen molar-refractivity contribution in [2.24, 2.45) is 5.92 Å². The van der Waals surface area contributed by atoms with Crippen LogP contribution in [0.3, 0.4) is 0 Å². The van der Waals surface area contributed by atoms with Crippen molar-refractivity contribution >= 4 is 40.1 Å². The molecule has 20 heavy (non-hydrogen) atoms.